The van der Waals surface area contributed by atoms with Crippen molar-refractivity contribution in [1.29, 1.82) is 0 Å². The van der Waals surface area contributed by atoms with E-state index < -0.39 is 5.91 Å². The largest absolute Gasteiger partial charge is 0.496 e. The molecule has 0 saturated heterocycles. The van der Waals surface area contributed by atoms with Gasteiger partial charge in [-0.05, 0) is 30.7 Å². The standard InChI is InChI=1S/C21H22N4O5/c1-13-8-5-6-9-14(13)24-25-20(26)19-15(27-2)10-7-11-16(19)30-21-22-17(28-3)12-18(23-21)29-4/h5-12,24H,1-4H3,(H,25,26). The van der Waals surface area contributed by atoms with Gasteiger partial charge in [0.05, 0.1) is 33.1 Å². The molecule has 0 bridgehead atoms. The molecule has 0 spiro atoms. The van der Waals surface area contributed by atoms with Gasteiger partial charge in [0.1, 0.15) is 17.1 Å². The number of carbonyl (C=O) groups is 1. The third kappa shape index (κ3) is 4.69. The lowest BCUT2D eigenvalue weighted by Crippen LogP contribution is -2.30. The first-order valence-corrected chi connectivity index (χ1v) is 8.99. The molecule has 1 heterocycles. The Bertz CT molecular complexity index is 1020. The maximum absolute atomic E-state index is 12.9. The molecule has 0 aliphatic rings. The number of carbonyl (C=O) groups excluding carboxylic acids is 1. The van der Waals surface area contributed by atoms with Gasteiger partial charge in [-0.15, -0.1) is 0 Å². The van der Waals surface area contributed by atoms with Crippen molar-refractivity contribution in [2.24, 2.45) is 0 Å². The molecule has 1 aromatic heterocycles. The summed E-state index contributed by atoms with van der Waals surface area (Å²) in [6.07, 6.45) is 0. The fourth-order valence-corrected chi connectivity index (χ4v) is 2.63. The van der Waals surface area contributed by atoms with Gasteiger partial charge in [0.2, 0.25) is 11.8 Å². The molecule has 30 heavy (non-hydrogen) atoms. The van der Waals surface area contributed by atoms with E-state index in [2.05, 4.69) is 20.8 Å². The first-order valence-electron chi connectivity index (χ1n) is 8.99. The summed E-state index contributed by atoms with van der Waals surface area (Å²) in [5.41, 5.74) is 7.49. The van der Waals surface area contributed by atoms with Crippen molar-refractivity contribution in [3.05, 3.63) is 59.7 Å². The van der Waals surface area contributed by atoms with E-state index >= 15 is 0 Å². The van der Waals surface area contributed by atoms with E-state index in [9.17, 15) is 4.79 Å². The van der Waals surface area contributed by atoms with Crippen molar-refractivity contribution in [2.45, 2.75) is 6.92 Å². The van der Waals surface area contributed by atoms with Crippen LogP contribution in [0.15, 0.2) is 48.5 Å². The minimum atomic E-state index is -0.458. The number of nitrogens with zero attached hydrogens (tertiary/aromatic N) is 2. The molecule has 0 saturated carbocycles. The predicted molar refractivity (Wildman–Crippen MR) is 110 cm³/mol. The summed E-state index contributed by atoms with van der Waals surface area (Å²) in [5.74, 6) is 0.583. The van der Waals surface area contributed by atoms with Gasteiger partial charge in [-0.1, -0.05) is 24.3 Å². The van der Waals surface area contributed by atoms with Crippen molar-refractivity contribution in [1.82, 2.24) is 15.4 Å². The van der Waals surface area contributed by atoms with Crippen LogP contribution >= 0.6 is 0 Å². The van der Waals surface area contributed by atoms with Gasteiger partial charge in [0, 0.05) is 0 Å². The molecule has 3 rings (SSSR count). The zero-order chi connectivity index (χ0) is 21.5. The highest BCUT2D eigenvalue weighted by molar-refractivity contribution is 6.00. The Hall–Kier alpha value is -4.01. The highest BCUT2D eigenvalue weighted by atomic mass is 16.5. The van der Waals surface area contributed by atoms with Crippen molar-refractivity contribution in [3.63, 3.8) is 0 Å². The monoisotopic (exact) mass is 410 g/mol. The molecule has 0 fully saturated rings. The number of benzene rings is 2. The highest BCUT2D eigenvalue weighted by Crippen LogP contribution is 2.32. The maximum atomic E-state index is 12.9. The van der Waals surface area contributed by atoms with Gasteiger partial charge in [-0.3, -0.25) is 15.6 Å². The smallest absolute Gasteiger partial charge is 0.328 e. The van der Waals surface area contributed by atoms with Crippen molar-refractivity contribution in [2.75, 3.05) is 26.8 Å². The van der Waals surface area contributed by atoms with Crippen LogP contribution in [0, 0.1) is 6.92 Å². The number of para-hydroxylation sites is 1. The summed E-state index contributed by atoms with van der Waals surface area (Å²) >= 11 is 0. The van der Waals surface area contributed by atoms with Crippen LogP contribution in [0.5, 0.6) is 29.3 Å². The molecule has 0 unspecified atom stereocenters. The Kier molecular flexibility index (Phi) is 6.53. The molecule has 0 radical (unpaired) electrons. The maximum Gasteiger partial charge on any atom is 0.328 e. The number of hydrogen-bond donors (Lipinski definition) is 2. The Balaban J connectivity index is 1.89. The average molecular weight is 410 g/mol. The van der Waals surface area contributed by atoms with E-state index in [1.54, 1.807) is 18.2 Å². The second-order valence-corrected chi connectivity index (χ2v) is 6.06. The number of hydrazine groups is 1. The summed E-state index contributed by atoms with van der Waals surface area (Å²) < 4.78 is 21.4. The minimum Gasteiger partial charge on any atom is -0.496 e. The number of ether oxygens (including phenoxy) is 4. The van der Waals surface area contributed by atoms with Crippen LogP contribution in [0.25, 0.3) is 0 Å². The lowest BCUT2D eigenvalue weighted by atomic mass is 10.1. The molecule has 9 heteroatoms. The van der Waals surface area contributed by atoms with Crippen LogP contribution in [0.4, 0.5) is 5.69 Å². The van der Waals surface area contributed by atoms with Gasteiger partial charge >= 0.3 is 6.01 Å². The fourth-order valence-electron chi connectivity index (χ4n) is 2.63. The summed E-state index contributed by atoms with van der Waals surface area (Å²) in [5, 5.41) is 0. The van der Waals surface area contributed by atoms with Gasteiger partial charge in [-0.2, -0.15) is 9.97 Å². The van der Waals surface area contributed by atoms with E-state index in [1.807, 2.05) is 31.2 Å². The second-order valence-electron chi connectivity index (χ2n) is 6.06. The number of amides is 1. The normalized spacial score (nSPS) is 10.1. The zero-order valence-electron chi connectivity index (χ0n) is 17.1. The zero-order valence-corrected chi connectivity index (χ0v) is 17.1. The van der Waals surface area contributed by atoms with Gasteiger partial charge < -0.3 is 18.9 Å². The van der Waals surface area contributed by atoms with E-state index in [4.69, 9.17) is 18.9 Å². The van der Waals surface area contributed by atoms with Gasteiger partial charge in [0.15, 0.2) is 0 Å². The molecule has 0 atom stereocenters. The van der Waals surface area contributed by atoms with Crippen LogP contribution in [0.2, 0.25) is 0 Å². The molecule has 3 aromatic rings. The van der Waals surface area contributed by atoms with Crippen LogP contribution in [0.1, 0.15) is 15.9 Å². The van der Waals surface area contributed by atoms with Gasteiger partial charge in [0.25, 0.3) is 5.91 Å². The van der Waals surface area contributed by atoms with Crippen molar-refractivity contribution >= 4 is 11.6 Å². The quantitative estimate of drug-likeness (QED) is 0.545. The summed E-state index contributed by atoms with van der Waals surface area (Å²) in [6, 6.07) is 14.0. The Labute approximate surface area is 173 Å². The van der Waals surface area contributed by atoms with E-state index in [0.717, 1.165) is 11.3 Å². The number of aryl methyl sites for hydroxylation is 1. The van der Waals surface area contributed by atoms with Crippen LogP contribution in [-0.4, -0.2) is 37.2 Å². The Morgan fingerprint density at radius 1 is 0.867 bits per heavy atom. The Morgan fingerprint density at radius 3 is 2.17 bits per heavy atom. The SMILES string of the molecule is COc1cc(OC)nc(Oc2cccc(OC)c2C(=O)NNc2ccccc2C)n1. The van der Waals surface area contributed by atoms with Crippen LogP contribution in [0.3, 0.4) is 0 Å². The molecule has 1 amide bonds. The van der Waals surface area contributed by atoms with Crippen molar-refractivity contribution < 1.29 is 23.7 Å². The van der Waals surface area contributed by atoms with E-state index in [0.29, 0.717) is 5.75 Å². The molecular formula is C21H22N4O5. The third-order valence-electron chi connectivity index (χ3n) is 4.17. The summed E-state index contributed by atoms with van der Waals surface area (Å²) in [4.78, 5) is 21.2. The molecule has 2 N–H and O–H groups in total. The number of methoxy groups -OCH3 is 3. The van der Waals surface area contributed by atoms with Crippen LogP contribution < -0.4 is 29.8 Å². The molecule has 0 aliphatic carbocycles. The summed E-state index contributed by atoms with van der Waals surface area (Å²) in [6.45, 7) is 1.93. The number of aromatic nitrogens is 2. The lowest BCUT2D eigenvalue weighted by Gasteiger charge is -2.15. The highest BCUT2D eigenvalue weighted by Gasteiger charge is 2.20. The molecule has 9 nitrogen and oxygen atoms in total. The predicted octanol–water partition coefficient (Wildman–Crippen LogP) is 3.36. The lowest BCUT2D eigenvalue weighted by molar-refractivity contribution is 0.0957. The minimum absolute atomic E-state index is 0.0413. The number of rotatable bonds is 8. The second kappa shape index (κ2) is 9.46. The molecule has 156 valence electrons. The first kappa shape index (κ1) is 20.7. The number of hydrogen-bond acceptors (Lipinski definition) is 8. The fraction of sp³-hybridized carbons (Fsp3) is 0.190. The average Bonchev–Trinajstić information content (AvgIpc) is 2.77. The number of nitrogens with one attached hydrogen (secondary N) is 2. The first-order chi connectivity index (χ1) is 14.5. The summed E-state index contributed by atoms with van der Waals surface area (Å²) in [7, 11) is 4.40. The van der Waals surface area contributed by atoms with Crippen molar-refractivity contribution in [3.8, 4) is 29.3 Å². The molecular weight excluding hydrogens is 388 g/mol. The van der Waals surface area contributed by atoms with Crippen LogP contribution in [-0.2, 0) is 0 Å². The molecule has 0 aliphatic heterocycles. The third-order valence-corrected chi connectivity index (χ3v) is 4.17. The van der Waals surface area contributed by atoms with Gasteiger partial charge in [-0.25, -0.2) is 0 Å². The number of anilines is 1. The Morgan fingerprint density at radius 2 is 1.53 bits per heavy atom. The van der Waals surface area contributed by atoms with E-state index in [1.165, 1.54) is 27.4 Å². The topological polar surface area (TPSA) is 104 Å². The molecule has 2 aromatic carbocycles. The van der Waals surface area contributed by atoms with E-state index in [-0.39, 0.29) is 29.1 Å².